The van der Waals surface area contributed by atoms with Crippen LogP contribution in [0.25, 0.3) is 0 Å². The minimum Gasteiger partial charge on any atom is -0.320 e. The molecule has 0 aliphatic rings. The van der Waals surface area contributed by atoms with Gasteiger partial charge in [-0.05, 0) is 54.3 Å². The molecule has 1 nitrogen and oxygen atoms in total. The van der Waals surface area contributed by atoms with E-state index in [2.05, 4.69) is 0 Å². The Bertz CT molecular complexity index is 665. The van der Waals surface area contributed by atoms with E-state index in [0.29, 0.717) is 21.7 Å². The summed E-state index contributed by atoms with van der Waals surface area (Å²) in [6.45, 7) is 3.52. The van der Waals surface area contributed by atoms with Gasteiger partial charge in [0.05, 0.1) is 11.6 Å². The smallest absolute Gasteiger partial charge is 0.320 e. The Labute approximate surface area is 126 Å². The van der Waals surface area contributed by atoms with Gasteiger partial charge in [-0.25, -0.2) is 0 Å². The second-order valence-electron chi connectivity index (χ2n) is 5.07. The SMILES string of the molecule is Cc1ccc(C(N)c2ccc(C(F)(F)F)cc2C)c(Cl)c1. The van der Waals surface area contributed by atoms with Gasteiger partial charge >= 0.3 is 6.18 Å². The Morgan fingerprint density at radius 3 is 2.14 bits per heavy atom. The van der Waals surface area contributed by atoms with Crippen molar-refractivity contribution in [3.63, 3.8) is 0 Å². The number of hydrogen-bond acceptors (Lipinski definition) is 1. The molecule has 0 bridgehead atoms. The van der Waals surface area contributed by atoms with Gasteiger partial charge in [0, 0.05) is 5.02 Å². The van der Waals surface area contributed by atoms with Gasteiger partial charge in [0.1, 0.15) is 0 Å². The van der Waals surface area contributed by atoms with Crippen LogP contribution in [0, 0.1) is 13.8 Å². The van der Waals surface area contributed by atoms with Crippen molar-refractivity contribution < 1.29 is 13.2 Å². The van der Waals surface area contributed by atoms with Crippen LogP contribution in [-0.2, 0) is 6.18 Å². The lowest BCUT2D eigenvalue weighted by Gasteiger charge is -2.18. The zero-order valence-corrected chi connectivity index (χ0v) is 12.4. The van der Waals surface area contributed by atoms with E-state index in [-0.39, 0.29) is 0 Å². The fraction of sp³-hybridized carbons (Fsp3) is 0.250. The van der Waals surface area contributed by atoms with Crippen LogP contribution in [0.4, 0.5) is 13.2 Å². The summed E-state index contributed by atoms with van der Waals surface area (Å²) < 4.78 is 38.0. The first-order valence-corrected chi connectivity index (χ1v) is 6.77. The van der Waals surface area contributed by atoms with E-state index in [1.807, 2.05) is 13.0 Å². The molecule has 0 aromatic heterocycles. The maximum Gasteiger partial charge on any atom is 0.416 e. The van der Waals surface area contributed by atoms with E-state index in [1.54, 1.807) is 19.1 Å². The van der Waals surface area contributed by atoms with E-state index in [9.17, 15) is 13.2 Å². The second-order valence-corrected chi connectivity index (χ2v) is 5.48. The zero-order valence-electron chi connectivity index (χ0n) is 11.6. The predicted octanol–water partition coefficient (Wildman–Crippen LogP) is 5.02. The molecule has 0 saturated carbocycles. The molecular formula is C16H15ClF3N. The van der Waals surface area contributed by atoms with Crippen molar-refractivity contribution >= 4 is 11.6 Å². The highest BCUT2D eigenvalue weighted by Gasteiger charge is 2.31. The summed E-state index contributed by atoms with van der Waals surface area (Å²) in [5.41, 5.74) is 8.31. The molecule has 0 radical (unpaired) electrons. The van der Waals surface area contributed by atoms with Crippen LogP contribution in [0.15, 0.2) is 36.4 Å². The second kappa shape index (κ2) is 5.70. The number of rotatable bonds is 2. The summed E-state index contributed by atoms with van der Waals surface area (Å²) in [4.78, 5) is 0. The molecular weight excluding hydrogens is 299 g/mol. The molecule has 0 amide bonds. The van der Waals surface area contributed by atoms with Crippen LogP contribution in [0.1, 0.15) is 33.9 Å². The molecule has 0 spiro atoms. The molecule has 112 valence electrons. The Hall–Kier alpha value is -1.52. The largest absolute Gasteiger partial charge is 0.416 e. The minimum absolute atomic E-state index is 0.494. The molecule has 2 N–H and O–H groups in total. The molecule has 2 aromatic rings. The summed E-state index contributed by atoms with van der Waals surface area (Å²) >= 11 is 6.17. The van der Waals surface area contributed by atoms with Crippen molar-refractivity contribution in [1.29, 1.82) is 0 Å². The average Bonchev–Trinajstić information content (AvgIpc) is 2.36. The molecule has 0 saturated heterocycles. The first-order chi connectivity index (χ1) is 9.70. The first-order valence-electron chi connectivity index (χ1n) is 6.39. The summed E-state index contributed by atoms with van der Waals surface area (Å²) in [7, 11) is 0. The predicted molar refractivity (Wildman–Crippen MR) is 78.4 cm³/mol. The monoisotopic (exact) mass is 313 g/mol. The van der Waals surface area contributed by atoms with Crippen LogP contribution in [0.3, 0.4) is 0 Å². The van der Waals surface area contributed by atoms with Gasteiger partial charge in [0.25, 0.3) is 0 Å². The molecule has 0 heterocycles. The Morgan fingerprint density at radius 1 is 1.00 bits per heavy atom. The third-order valence-electron chi connectivity index (χ3n) is 3.42. The lowest BCUT2D eigenvalue weighted by molar-refractivity contribution is -0.137. The molecule has 0 fully saturated rings. The maximum atomic E-state index is 12.7. The number of benzene rings is 2. The summed E-state index contributed by atoms with van der Waals surface area (Å²) in [5, 5.41) is 0.516. The fourth-order valence-electron chi connectivity index (χ4n) is 2.25. The third-order valence-corrected chi connectivity index (χ3v) is 3.75. The fourth-order valence-corrected chi connectivity index (χ4v) is 2.61. The van der Waals surface area contributed by atoms with Crippen LogP contribution in [0.2, 0.25) is 5.02 Å². The molecule has 0 aliphatic carbocycles. The van der Waals surface area contributed by atoms with Gasteiger partial charge in [-0.15, -0.1) is 0 Å². The van der Waals surface area contributed by atoms with Gasteiger partial charge in [0.2, 0.25) is 0 Å². The van der Waals surface area contributed by atoms with Gasteiger partial charge in [-0.2, -0.15) is 13.2 Å². The van der Waals surface area contributed by atoms with Crippen LogP contribution >= 0.6 is 11.6 Å². The number of halogens is 4. The number of hydrogen-bond donors (Lipinski definition) is 1. The molecule has 1 atom stereocenters. The topological polar surface area (TPSA) is 26.0 Å². The van der Waals surface area contributed by atoms with Gasteiger partial charge in [-0.3, -0.25) is 0 Å². The summed E-state index contributed by atoms with van der Waals surface area (Å²) in [5.74, 6) is 0. The van der Waals surface area contributed by atoms with E-state index < -0.39 is 17.8 Å². The average molecular weight is 314 g/mol. The highest BCUT2D eigenvalue weighted by molar-refractivity contribution is 6.31. The van der Waals surface area contributed by atoms with E-state index in [4.69, 9.17) is 17.3 Å². The molecule has 0 aliphatic heterocycles. The maximum absolute atomic E-state index is 12.7. The summed E-state index contributed by atoms with van der Waals surface area (Å²) in [6.07, 6.45) is -4.35. The van der Waals surface area contributed by atoms with Gasteiger partial charge in [0.15, 0.2) is 0 Å². The molecule has 1 unspecified atom stereocenters. The van der Waals surface area contributed by atoms with Crippen LogP contribution in [-0.4, -0.2) is 0 Å². The standard InChI is InChI=1S/C16H15ClF3N/c1-9-3-5-13(14(17)7-9)15(21)12-6-4-11(8-10(12)2)16(18,19)20/h3-8,15H,21H2,1-2H3. The molecule has 5 heteroatoms. The van der Waals surface area contributed by atoms with Crippen molar-refractivity contribution in [2.75, 3.05) is 0 Å². The number of aryl methyl sites for hydroxylation is 2. The molecule has 2 rings (SSSR count). The lowest BCUT2D eigenvalue weighted by atomic mass is 9.94. The van der Waals surface area contributed by atoms with Gasteiger partial charge in [-0.1, -0.05) is 29.8 Å². The minimum atomic E-state index is -4.35. The van der Waals surface area contributed by atoms with Crippen molar-refractivity contribution in [2.24, 2.45) is 5.73 Å². The van der Waals surface area contributed by atoms with Crippen molar-refractivity contribution in [2.45, 2.75) is 26.1 Å². The number of nitrogens with two attached hydrogens (primary N) is 1. The Kier molecular flexibility index (Phi) is 4.30. The van der Waals surface area contributed by atoms with Crippen molar-refractivity contribution in [3.05, 3.63) is 69.2 Å². The van der Waals surface area contributed by atoms with E-state index in [1.165, 1.54) is 6.07 Å². The quantitative estimate of drug-likeness (QED) is 0.827. The Balaban J connectivity index is 2.42. The van der Waals surface area contributed by atoms with Crippen molar-refractivity contribution in [3.8, 4) is 0 Å². The first kappa shape index (κ1) is 15.9. The van der Waals surface area contributed by atoms with E-state index in [0.717, 1.165) is 17.7 Å². The van der Waals surface area contributed by atoms with Crippen molar-refractivity contribution in [1.82, 2.24) is 0 Å². The zero-order chi connectivity index (χ0) is 15.8. The number of alkyl halides is 3. The highest BCUT2D eigenvalue weighted by atomic mass is 35.5. The molecule has 21 heavy (non-hydrogen) atoms. The van der Waals surface area contributed by atoms with Crippen LogP contribution < -0.4 is 5.73 Å². The van der Waals surface area contributed by atoms with E-state index >= 15 is 0 Å². The normalized spacial score (nSPS) is 13.3. The molecule has 2 aromatic carbocycles. The Morgan fingerprint density at radius 2 is 1.62 bits per heavy atom. The summed E-state index contributed by atoms with van der Waals surface area (Å²) in [6, 6.07) is 8.48. The lowest BCUT2D eigenvalue weighted by Crippen LogP contribution is -2.15. The van der Waals surface area contributed by atoms with Gasteiger partial charge < -0.3 is 5.73 Å². The third kappa shape index (κ3) is 3.39. The van der Waals surface area contributed by atoms with Crippen LogP contribution in [0.5, 0.6) is 0 Å². The highest BCUT2D eigenvalue weighted by Crippen LogP contribution is 2.34.